The minimum atomic E-state index is -3.65. The number of piperazine rings is 1. The highest BCUT2D eigenvalue weighted by Gasteiger charge is 2.27. The normalized spacial score (nSPS) is 14.8. The molecule has 1 fully saturated rings. The predicted molar refractivity (Wildman–Crippen MR) is 132 cm³/mol. The van der Waals surface area contributed by atoms with E-state index in [2.05, 4.69) is 25.5 Å². The molecule has 1 aliphatic heterocycles. The summed E-state index contributed by atoms with van der Waals surface area (Å²) in [6.07, 6.45) is 1.01. The summed E-state index contributed by atoms with van der Waals surface area (Å²) < 4.78 is 47.1. The molecule has 0 aliphatic carbocycles. The molecule has 0 unspecified atom stereocenters. The van der Waals surface area contributed by atoms with Crippen LogP contribution in [0.25, 0.3) is 0 Å². The van der Waals surface area contributed by atoms with Gasteiger partial charge in [-0.05, 0) is 49.5 Å². The van der Waals surface area contributed by atoms with Gasteiger partial charge in [0, 0.05) is 37.6 Å². The van der Waals surface area contributed by atoms with Gasteiger partial charge in [0.1, 0.15) is 5.75 Å². The summed E-state index contributed by atoms with van der Waals surface area (Å²) >= 11 is 0. The number of sulfonamides is 1. The van der Waals surface area contributed by atoms with Gasteiger partial charge in [-0.3, -0.25) is 4.79 Å². The Morgan fingerprint density at radius 2 is 1.81 bits per heavy atom. The number of carbonyl (C=O) groups is 1. The average molecular weight is 516 g/mol. The van der Waals surface area contributed by atoms with Gasteiger partial charge in [-0.25, -0.2) is 17.8 Å². The van der Waals surface area contributed by atoms with E-state index in [0.29, 0.717) is 43.3 Å². The van der Waals surface area contributed by atoms with Crippen LogP contribution in [0.4, 0.5) is 27.5 Å². The second-order valence-corrected chi connectivity index (χ2v) is 10.1. The summed E-state index contributed by atoms with van der Waals surface area (Å²) in [4.78, 5) is 21.2. The van der Waals surface area contributed by atoms with Gasteiger partial charge >= 0.3 is 0 Å². The summed E-state index contributed by atoms with van der Waals surface area (Å²) in [7, 11) is -1.70. The van der Waals surface area contributed by atoms with Crippen LogP contribution in [-0.4, -0.2) is 73.3 Å². The van der Waals surface area contributed by atoms with Crippen molar-refractivity contribution in [2.45, 2.75) is 4.90 Å². The number of primary amides is 1. The molecule has 0 bridgehead atoms. The number of benzene rings is 2. The van der Waals surface area contributed by atoms with Crippen molar-refractivity contribution in [2.75, 3.05) is 50.5 Å². The van der Waals surface area contributed by atoms with Crippen LogP contribution in [0.2, 0.25) is 0 Å². The Bertz CT molecular complexity index is 1330. The summed E-state index contributed by atoms with van der Waals surface area (Å²) in [5, 5.41) is 5.79. The topological polar surface area (TPSA) is 143 Å². The molecular weight excluding hydrogens is 489 g/mol. The van der Waals surface area contributed by atoms with Crippen LogP contribution >= 0.6 is 0 Å². The summed E-state index contributed by atoms with van der Waals surface area (Å²) in [6.45, 7) is 1.93. The van der Waals surface area contributed by atoms with Crippen molar-refractivity contribution in [3.05, 3.63) is 60.5 Å². The largest absolute Gasteiger partial charge is 0.484 e. The van der Waals surface area contributed by atoms with Crippen LogP contribution in [0.3, 0.4) is 0 Å². The van der Waals surface area contributed by atoms with E-state index in [1.807, 2.05) is 7.05 Å². The van der Waals surface area contributed by atoms with E-state index >= 15 is 0 Å². The standard InChI is InChI=1S/C23H26FN7O4S/c1-30-9-11-31(12-10-30)36(33,34)19-4-2-3-17(13-19)28-23-26-14-20(24)22(29-23)27-16-5-7-18(8-6-16)35-15-21(25)32/h2-8,13-14H,9-12,15H2,1H3,(H2,25,32)(H2,26,27,28,29). The molecule has 4 rings (SSSR count). The highest BCUT2D eigenvalue weighted by atomic mass is 32.2. The van der Waals surface area contributed by atoms with Crippen LogP contribution in [0.1, 0.15) is 0 Å². The zero-order valence-electron chi connectivity index (χ0n) is 19.5. The van der Waals surface area contributed by atoms with Crippen LogP contribution in [0, 0.1) is 5.82 Å². The zero-order valence-corrected chi connectivity index (χ0v) is 20.3. The lowest BCUT2D eigenvalue weighted by atomic mass is 10.3. The first-order chi connectivity index (χ1) is 17.2. The number of rotatable bonds is 9. The van der Waals surface area contributed by atoms with Crippen LogP contribution in [0.5, 0.6) is 5.75 Å². The molecule has 2 heterocycles. The number of aromatic nitrogens is 2. The molecule has 13 heteroatoms. The average Bonchev–Trinajstić information content (AvgIpc) is 2.86. The molecule has 11 nitrogen and oxygen atoms in total. The first-order valence-corrected chi connectivity index (χ1v) is 12.5. The maximum Gasteiger partial charge on any atom is 0.255 e. The molecule has 36 heavy (non-hydrogen) atoms. The third kappa shape index (κ3) is 6.24. The number of halogens is 1. The number of likely N-dealkylation sites (N-methyl/N-ethyl adjacent to an activating group) is 1. The zero-order chi connectivity index (χ0) is 25.7. The lowest BCUT2D eigenvalue weighted by Gasteiger charge is -2.31. The van der Waals surface area contributed by atoms with E-state index in [0.717, 1.165) is 6.20 Å². The number of ether oxygens (including phenoxy) is 1. The van der Waals surface area contributed by atoms with E-state index in [4.69, 9.17) is 10.5 Å². The molecule has 3 aromatic rings. The van der Waals surface area contributed by atoms with E-state index in [1.165, 1.54) is 16.4 Å². The fourth-order valence-corrected chi connectivity index (χ4v) is 4.95. The van der Waals surface area contributed by atoms with Crippen LogP contribution in [0.15, 0.2) is 59.6 Å². The third-order valence-corrected chi connectivity index (χ3v) is 7.33. The quantitative estimate of drug-likeness (QED) is 0.389. The minimum Gasteiger partial charge on any atom is -0.484 e. The number of nitrogens with two attached hydrogens (primary N) is 1. The highest BCUT2D eigenvalue weighted by Crippen LogP contribution is 2.25. The molecule has 0 saturated carbocycles. The van der Waals surface area contributed by atoms with E-state index in [1.54, 1.807) is 36.4 Å². The Balaban J connectivity index is 1.47. The van der Waals surface area contributed by atoms with E-state index in [9.17, 15) is 17.6 Å². The molecule has 0 radical (unpaired) electrons. The van der Waals surface area contributed by atoms with Gasteiger partial charge in [0.15, 0.2) is 18.2 Å². The van der Waals surface area contributed by atoms with E-state index in [-0.39, 0.29) is 23.3 Å². The van der Waals surface area contributed by atoms with Gasteiger partial charge in [-0.2, -0.15) is 9.29 Å². The highest BCUT2D eigenvalue weighted by molar-refractivity contribution is 7.89. The fourth-order valence-electron chi connectivity index (χ4n) is 3.48. The van der Waals surface area contributed by atoms with Crippen molar-refractivity contribution < 1.29 is 22.3 Å². The fraction of sp³-hybridized carbons (Fsp3) is 0.261. The molecule has 0 atom stereocenters. The molecule has 2 aromatic carbocycles. The molecule has 1 saturated heterocycles. The van der Waals surface area contributed by atoms with Crippen molar-refractivity contribution in [3.63, 3.8) is 0 Å². The second-order valence-electron chi connectivity index (χ2n) is 8.15. The SMILES string of the molecule is CN1CCN(S(=O)(=O)c2cccc(Nc3ncc(F)c(Nc4ccc(OCC(N)=O)cc4)n3)c2)CC1. The second kappa shape index (κ2) is 10.8. The molecule has 190 valence electrons. The Kier molecular flexibility index (Phi) is 7.62. The van der Waals surface area contributed by atoms with Crippen LogP contribution in [-0.2, 0) is 14.8 Å². The lowest BCUT2D eigenvalue weighted by Crippen LogP contribution is -2.47. The van der Waals surface area contributed by atoms with Crippen molar-refractivity contribution in [1.29, 1.82) is 0 Å². The predicted octanol–water partition coefficient (Wildman–Crippen LogP) is 1.90. The Hall–Kier alpha value is -3.81. The van der Waals surface area contributed by atoms with Gasteiger partial charge in [0.05, 0.1) is 11.1 Å². The van der Waals surface area contributed by atoms with Crippen molar-refractivity contribution in [1.82, 2.24) is 19.2 Å². The summed E-state index contributed by atoms with van der Waals surface area (Å²) in [5.74, 6) is -0.853. The summed E-state index contributed by atoms with van der Waals surface area (Å²) in [6, 6.07) is 12.8. The maximum absolute atomic E-state index is 14.4. The molecule has 1 amide bonds. The molecule has 0 spiro atoms. The van der Waals surface area contributed by atoms with E-state index < -0.39 is 21.7 Å². The minimum absolute atomic E-state index is 0.0782. The number of amides is 1. The Labute approximate surface area is 208 Å². The first kappa shape index (κ1) is 25.3. The van der Waals surface area contributed by atoms with Crippen molar-refractivity contribution >= 4 is 39.1 Å². The lowest BCUT2D eigenvalue weighted by molar-refractivity contribution is -0.119. The van der Waals surface area contributed by atoms with Crippen molar-refractivity contribution in [2.24, 2.45) is 5.73 Å². The van der Waals surface area contributed by atoms with Crippen LogP contribution < -0.4 is 21.1 Å². The van der Waals surface area contributed by atoms with Gasteiger partial charge in [-0.1, -0.05) is 6.07 Å². The Morgan fingerprint density at radius 1 is 1.08 bits per heavy atom. The number of carbonyl (C=O) groups excluding carboxylic acids is 1. The molecule has 4 N–H and O–H groups in total. The smallest absolute Gasteiger partial charge is 0.255 e. The van der Waals surface area contributed by atoms with Gasteiger partial charge in [0.2, 0.25) is 16.0 Å². The number of hydrogen-bond donors (Lipinski definition) is 3. The molecular formula is C23H26FN7O4S. The van der Waals surface area contributed by atoms with Gasteiger partial charge < -0.3 is 26.0 Å². The van der Waals surface area contributed by atoms with Gasteiger partial charge in [-0.15, -0.1) is 0 Å². The number of hydrogen-bond acceptors (Lipinski definition) is 9. The number of nitrogens with zero attached hydrogens (tertiary/aromatic N) is 4. The monoisotopic (exact) mass is 515 g/mol. The van der Waals surface area contributed by atoms with Gasteiger partial charge in [0.25, 0.3) is 5.91 Å². The first-order valence-electron chi connectivity index (χ1n) is 11.1. The van der Waals surface area contributed by atoms with Crippen molar-refractivity contribution in [3.8, 4) is 5.75 Å². The number of anilines is 4. The molecule has 1 aromatic heterocycles. The molecule has 1 aliphatic rings. The number of nitrogens with one attached hydrogen (secondary N) is 2. The maximum atomic E-state index is 14.4. The Morgan fingerprint density at radius 3 is 2.50 bits per heavy atom. The third-order valence-electron chi connectivity index (χ3n) is 5.43. The summed E-state index contributed by atoms with van der Waals surface area (Å²) in [5.41, 5.74) is 6.02.